The molecule has 0 radical (unpaired) electrons. The third kappa shape index (κ3) is 4.70. The Morgan fingerprint density at radius 1 is 1.37 bits per heavy atom. The van der Waals surface area contributed by atoms with E-state index in [1.165, 1.54) is 7.11 Å². The maximum Gasteiger partial charge on any atom is 0.410 e. The van der Waals surface area contributed by atoms with Gasteiger partial charge in [0.15, 0.2) is 0 Å². The van der Waals surface area contributed by atoms with Crippen LogP contribution in [0.3, 0.4) is 0 Å². The minimum atomic E-state index is -0.485. The highest BCUT2D eigenvalue weighted by molar-refractivity contribution is 5.70. The topological polar surface area (TPSA) is 81.9 Å². The second-order valence-corrected chi connectivity index (χ2v) is 5.92. The van der Waals surface area contributed by atoms with Crippen LogP contribution in [0.1, 0.15) is 27.2 Å². The van der Waals surface area contributed by atoms with Crippen LogP contribution in [-0.4, -0.2) is 49.3 Å². The van der Waals surface area contributed by atoms with Crippen molar-refractivity contribution in [1.29, 1.82) is 0 Å². The Morgan fingerprint density at radius 2 is 1.95 bits per heavy atom. The van der Waals surface area contributed by atoms with Crippen molar-refractivity contribution < 1.29 is 19.1 Å². The van der Waals surface area contributed by atoms with Crippen molar-refractivity contribution in [2.45, 2.75) is 32.8 Å². The molecule has 0 aromatic rings. The van der Waals surface area contributed by atoms with Crippen LogP contribution in [0.2, 0.25) is 0 Å². The zero-order chi connectivity index (χ0) is 14.6. The summed E-state index contributed by atoms with van der Waals surface area (Å²) in [6.07, 6.45) is -0.00241. The first-order valence-corrected chi connectivity index (χ1v) is 6.51. The number of nitrogens with zero attached hydrogens (tertiary/aromatic N) is 1. The Morgan fingerprint density at radius 3 is 2.37 bits per heavy atom. The minimum absolute atomic E-state index is 0.0612. The summed E-state index contributed by atoms with van der Waals surface area (Å²) in [5, 5.41) is 0. The summed E-state index contributed by atoms with van der Waals surface area (Å²) in [5.41, 5.74) is 5.18. The number of likely N-dealkylation sites (tertiary alicyclic amines) is 1. The fraction of sp³-hybridized carbons (Fsp3) is 0.846. The molecule has 1 saturated heterocycles. The molecule has 0 bridgehead atoms. The van der Waals surface area contributed by atoms with Crippen molar-refractivity contribution in [2.24, 2.45) is 17.6 Å². The summed E-state index contributed by atoms with van der Waals surface area (Å²) in [5.74, 6) is 0.0499. The highest BCUT2D eigenvalue weighted by atomic mass is 16.6. The number of rotatable bonds is 4. The molecule has 1 rings (SSSR count). The van der Waals surface area contributed by atoms with E-state index >= 15 is 0 Å². The first-order chi connectivity index (χ1) is 8.76. The predicted molar refractivity (Wildman–Crippen MR) is 70.5 cm³/mol. The molecule has 0 spiro atoms. The van der Waals surface area contributed by atoms with Crippen molar-refractivity contribution >= 4 is 12.1 Å². The number of nitrogens with two attached hydrogens (primary N) is 1. The van der Waals surface area contributed by atoms with Gasteiger partial charge in [-0.2, -0.15) is 0 Å². The van der Waals surface area contributed by atoms with Gasteiger partial charge in [0, 0.05) is 19.5 Å². The van der Waals surface area contributed by atoms with Gasteiger partial charge in [-0.1, -0.05) is 0 Å². The van der Waals surface area contributed by atoms with Gasteiger partial charge in [-0.05, 0) is 39.2 Å². The van der Waals surface area contributed by atoms with Gasteiger partial charge >= 0.3 is 12.1 Å². The molecule has 0 saturated carbocycles. The van der Waals surface area contributed by atoms with E-state index < -0.39 is 5.60 Å². The summed E-state index contributed by atoms with van der Waals surface area (Å²) in [7, 11) is 1.36. The van der Waals surface area contributed by atoms with Crippen LogP contribution in [0.25, 0.3) is 0 Å². The van der Waals surface area contributed by atoms with Gasteiger partial charge in [-0.25, -0.2) is 4.79 Å². The highest BCUT2D eigenvalue weighted by Gasteiger charge is 2.38. The van der Waals surface area contributed by atoms with E-state index in [-0.39, 0.29) is 23.9 Å². The summed E-state index contributed by atoms with van der Waals surface area (Å²) >= 11 is 0. The summed E-state index contributed by atoms with van der Waals surface area (Å²) in [6, 6.07) is 0. The monoisotopic (exact) mass is 272 g/mol. The third-order valence-corrected chi connectivity index (χ3v) is 3.19. The lowest BCUT2D eigenvalue weighted by atomic mass is 9.84. The van der Waals surface area contributed by atoms with Gasteiger partial charge in [0.05, 0.1) is 7.11 Å². The normalized spacial score (nSPS) is 17.6. The van der Waals surface area contributed by atoms with E-state index in [9.17, 15) is 9.59 Å². The molecule has 2 N–H and O–H groups in total. The van der Waals surface area contributed by atoms with Gasteiger partial charge in [0.2, 0.25) is 0 Å². The number of esters is 1. The number of ether oxygens (including phenoxy) is 2. The Labute approximate surface area is 114 Å². The molecule has 6 heteroatoms. The molecular weight excluding hydrogens is 248 g/mol. The second kappa shape index (κ2) is 6.23. The Balaban J connectivity index is 2.39. The summed E-state index contributed by atoms with van der Waals surface area (Å²) < 4.78 is 9.91. The first-order valence-electron chi connectivity index (χ1n) is 6.51. The van der Waals surface area contributed by atoms with E-state index in [0.717, 1.165) is 0 Å². The lowest BCUT2D eigenvalue weighted by molar-refractivity contribution is -0.142. The largest absolute Gasteiger partial charge is 0.469 e. The molecule has 1 atom stereocenters. The first kappa shape index (κ1) is 15.8. The average Bonchev–Trinajstić information content (AvgIpc) is 2.22. The number of methoxy groups -OCH3 is 1. The maximum absolute atomic E-state index is 11.8. The molecule has 0 aromatic heterocycles. The zero-order valence-electron chi connectivity index (χ0n) is 12.1. The fourth-order valence-electron chi connectivity index (χ4n) is 2.03. The van der Waals surface area contributed by atoms with Gasteiger partial charge in [0.1, 0.15) is 5.60 Å². The number of hydrogen-bond acceptors (Lipinski definition) is 5. The Bertz CT molecular complexity index is 332. The van der Waals surface area contributed by atoms with E-state index in [0.29, 0.717) is 26.1 Å². The van der Waals surface area contributed by atoms with Crippen molar-refractivity contribution in [2.75, 3.05) is 26.7 Å². The molecule has 1 aliphatic heterocycles. The molecule has 1 amide bonds. The van der Waals surface area contributed by atoms with Crippen molar-refractivity contribution in [3.8, 4) is 0 Å². The van der Waals surface area contributed by atoms with E-state index in [4.69, 9.17) is 10.5 Å². The van der Waals surface area contributed by atoms with Gasteiger partial charge in [-0.3, -0.25) is 4.79 Å². The molecule has 1 unspecified atom stereocenters. The molecule has 110 valence electrons. The number of hydrogen-bond donors (Lipinski definition) is 1. The second-order valence-electron chi connectivity index (χ2n) is 5.92. The lowest BCUT2D eigenvalue weighted by Crippen LogP contribution is -2.55. The number of carbonyl (C=O) groups is 2. The zero-order valence-corrected chi connectivity index (χ0v) is 12.1. The molecule has 1 aliphatic rings. The van der Waals surface area contributed by atoms with E-state index in [2.05, 4.69) is 4.74 Å². The Kier molecular flexibility index (Phi) is 5.17. The van der Waals surface area contributed by atoms with Crippen LogP contribution in [0, 0.1) is 11.8 Å². The lowest BCUT2D eigenvalue weighted by Gasteiger charge is -2.43. The van der Waals surface area contributed by atoms with Crippen molar-refractivity contribution in [1.82, 2.24) is 4.90 Å². The number of carbonyl (C=O) groups excluding carboxylic acids is 2. The van der Waals surface area contributed by atoms with Crippen LogP contribution in [0.5, 0.6) is 0 Å². The predicted octanol–water partition coefficient (Wildman–Crippen LogP) is 0.991. The molecule has 1 heterocycles. The van der Waals surface area contributed by atoms with E-state index in [1.54, 1.807) is 4.90 Å². The van der Waals surface area contributed by atoms with Crippen LogP contribution in [0.4, 0.5) is 4.79 Å². The average molecular weight is 272 g/mol. The third-order valence-electron chi connectivity index (χ3n) is 3.19. The van der Waals surface area contributed by atoms with Crippen LogP contribution < -0.4 is 5.73 Å². The number of amides is 1. The van der Waals surface area contributed by atoms with Gasteiger partial charge < -0.3 is 20.1 Å². The smallest absolute Gasteiger partial charge is 0.410 e. The summed E-state index contributed by atoms with van der Waals surface area (Å²) in [6.45, 7) is 7.11. The molecule has 19 heavy (non-hydrogen) atoms. The molecule has 1 fully saturated rings. The van der Waals surface area contributed by atoms with Crippen LogP contribution in [-0.2, 0) is 14.3 Å². The van der Waals surface area contributed by atoms with Crippen molar-refractivity contribution in [3.63, 3.8) is 0 Å². The SMILES string of the molecule is COC(=O)CC(CN)C1CN(C(=O)OC(C)(C)C)C1. The molecule has 6 nitrogen and oxygen atoms in total. The van der Waals surface area contributed by atoms with Gasteiger partial charge in [-0.15, -0.1) is 0 Å². The van der Waals surface area contributed by atoms with Crippen molar-refractivity contribution in [3.05, 3.63) is 0 Å². The highest BCUT2D eigenvalue weighted by Crippen LogP contribution is 2.27. The standard InChI is InChI=1S/C13H24N2O4/c1-13(2,3)19-12(17)15-7-10(8-15)9(6-14)5-11(16)18-4/h9-10H,5-8,14H2,1-4H3. The molecule has 0 aromatic carbocycles. The van der Waals surface area contributed by atoms with Gasteiger partial charge in [0.25, 0.3) is 0 Å². The van der Waals surface area contributed by atoms with Crippen LogP contribution in [0.15, 0.2) is 0 Å². The molecule has 0 aliphatic carbocycles. The summed E-state index contributed by atoms with van der Waals surface area (Å²) in [4.78, 5) is 24.6. The van der Waals surface area contributed by atoms with E-state index in [1.807, 2.05) is 20.8 Å². The quantitative estimate of drug-likeness (QED) is 0.772. The molecular formula is C13H24N2O4. The van der Waals surface area contributed by atoms with Crippen LogP contribution >= 0.6 is 0 Å². The maximum atomic E-state index is 11.8. The Hall–Kier alpha value is -1.30. The fourth-order valence-corrected chi connectivity index (χ4v) is 2.03. The minimum Gasteiger partial charge on any atom is -0.469 e.